The van der Waals surface area contributed by atoms with Crippen LogP contribution >= 0.6 is 0 Å². The predicted molar refractivity (Wildman–Crippen MR) is 108 cm³/mol. The average molecular weight is 396 g/mol. The Labute approximate surface area is 170 Å². The number of aromatic nitrogens is 1. The van der Waals surface area contributed by atoms with Gasteiger partial charge in [-0.2, -0.15) is 5.26 Å². The van der Waals surface area contributed by atoms with Crippen LogP contribution in [0.3, 0.4) is 0 Å². The highest BCUT2D eigenvalue weighted by atomic mass is 16.6. The van der Waals surface area contributed by atoms with E-state index in [1.54, 1.807) is 12.1 Å². The molecule has 0 bridgehead atoms. The van der Waals surface area contributed by atoms with Gasteiger partial charge in [0.1, 0.15) is 18.2 Å². The molecule has 0 aliphatic heterocycles. The minimum absolute atomic E-state index is 0.0825. The zero-order valence-electron chi connectivity index (χ0n) is 17.2. The molecule has 0 N–H and O–H groups in total. The van der Waals surface area contributed by atoms with Gasteiger partial charge in [0.25, 0.3) is 0 Å². The van der Waals surface area contributed by atoms with Crippen LogP contribution in [0.1, 0.15) is 32.9 Å². The van der Waals surface area contributed by atoms with E-state index in [-0.39, 0.29) is 18.8 Å². The van der Waals surface area contributed by atoms with Crippen molar-refractivity contribution in [1.82, 2.24) is 4.57 Å². The molecule has 0 saturated heterocycles. The van der Waals surface area contributed by atoms with Crippen molar-refractivity contribution in [3.05, 3.63) is 57.9 Å². The maximum atomic E-state index is 12.1. The number of methoxy groups -OCH3 is 2. The van der Waals surface area contributed by atoms with Crippen molar-refractivity contribution < 1.29 is 23.8 Å². The monoisotopic (exact) mass is 396 g/mol. The lowest BCUT2D eigenvalue weighted by Gasteiger charge is -2.14. The highest BCUT2D eigenvalue weighted by Gasteiger charge is 2.16. The highest BCUT2D eigenvalue weighted by molar-refractivity contribution is 5.98. The van der Waals surface area contributed by atoms with Crippen LogP contribution in [0, 0.1) is 32.1 Å². The van der Waals surface area contributed by atoms with Gasteiger partial charge in [0.15, 0.2) is 0 Å². The largest absolute Gasteiger partial charge is 0.465 e. The second kappa shape index (κ2) is 9.71. The molecular weight excluding hydrogens is 372 g/mol. The molecule has 0 spiro atoms. The van der Waals surface area contributed by atoms with Crippen LogP contribution in [0.2, 0.25) is 0 Å². The molecule has 0 atom stereocenters. The maximum absolute atomic E-state index is 12.1. The molecule has 1 heterocycles. The minimum Gasteiger partial charge on any atom is -0.465 e. The van der Waals surface area contributed by atoms with E-state index in [2.05, 4.69) is 0 Å². The summed E-state index contributed by atoms with van der Waals surface area (Å²) in [7, 11) is 2.85. The lowest BCUT2D eigenvalue weighted by atomic mass is 10.1. The van der Waals surface area contributed by atoms with E-state index in [1.807, 2.05) is 43.5 Å². The van der Waals surface area contributed by atoms with Gasteiger partial charge >= 0.3 is 11.9 Å². The Morgan fingerprint density at radius 2 is 1.86 bits per heavy atom. The lowest BCUT2D eigenvalue weighted by molar-refractivity contribution is -0.139. The van der Waals surface area contributed by atoms with E-state index in [9.17, 15) is 14.9 Å². The standard InChI is InChI=1S/C22H24N2O5/c1-14-10-17(21(25)28-5)6-7-20(14)24-15(2)11-18(16(24)3)12-19(13-23)22(26)29-9-8-27-4/h6-7,10-12H,8-9H2,1-5H3/b19-12+. The molecule has 0 amide bonds. The van der Waals surface area contributed by atoms with Crippen LogP contribution < -0.4 is 0 Å². The minimum atomic E-state index is -0.687. The number of esters is 2. The van der Waals surface area contributed by atoms with Gasteiger partial charge in [-0.05, 0) is 62.2 Å². The quantitative estimate of drug-likeness (QED) is 0.309. The van der Waals surface area contributed by atoms with E-state index in [1.165, 1.54) is 20.3 Å². The first-order valence-corrected chi connectivity index (χ1v) is 9.00. The Kier molecular flexibility index (Phi) is 7.34. The molecule has 1 aromatic carbocycles. The van der Waals surface area contributed by atoms with Gasteiger partial charge < -0.3 is 18.8 Å². The lowest BCUT2D eigenvalue weighted by Crippen LogP contribution is -2.11. The molecule has 152 valence electrons. The second-order valence-electron chi connectivity index (χ2n) is 6.45. The van der Waals surface area contributed by atoms with Crippen molar-refractivity contribution >= 4 is 18.0 Å². The molecule has 1 aromatic heterocycles. The number of nitriles is 1. The SMILES string of the molecule is COCCOC(=O)/C(C#N)=C/c1cc(C)n(-c2ccc(C(=O)OC)cc2C)c1C. The van der Waals surface area contributed by atoms with Crippen molar-refractivity contribution in [2.45, 2.75) is 20.8 Å². The second-order valence-corrected chi connectivity index (χ2v) is 6.45. The number of aryl methyl sites for hydroxylation is 2. The summed E-state index contributed by atoms with van der Waals surface area (Å²) >= 11 is 0. The molecule has 2 rings (SSSR count). The Balaban J connectivity index is 2.41. The van der Waals surface area contributed by atoms with E-state index in [4.69, 9.17) is 14.2 Å². The molecule has 7 heteroatoms. The summed E-state index contributed by atoms with van der Waals surface area (Å²) in [5, 5.41) is 9.35. The normalized spacial score (nSPS) is 11.1. The topological polar surface area (TPSA) is 90.5 Å². The molecule has 0 saturated carbocycles. The van der Waals surface area contributed by atoms with Crippen LogP contribution in [0.25, 0.3) is 11.8 Å². The van der Waals surface area contributed by atoms with E-state index >= 15 is 0 Å². The Morgan fingerprint density at radius 1 is 1.14 bits per heavy atom. The summed E-state index contributed by atoms with van der Waals surface area (Å²) in [6.07, 6.45) is 1.52. The molecular formula is C22H24N2O5. The van der Waals surface area contributed by atoms with Gasteiger partial charge in [0.2, 0.25) is 0 Å². The van der Waals surface area contributed by atoms with Crippen LogP contribution in [0.5, 0.6) is 0 Å². The maximum Gasteiger partial charge on any atom is 0.348 e. The summed E-state index contributed by atoms with van der Waals surface area (Å²) in [5.41, 5.74) is 4.69. The number of benzene rings is 1. The van der Waals surface area contributed by atoms with Crippen molar-refractivity contribution in [1.29, 1.82) is 5.26 Å². The van der Waals surface area contributed by atoms with Gasteiger partial charge in [-0.1, -0.05) is 0 Å². The molecule has 0 radical (unpaired) electrons. The van der Waals surface area contributed by atoms with Gasteiger partial charge in [0.05, 0.1) is 19.3 Å². The number of hydrogen-bond acceptors (Lipinski definition) is 6. The van der Waals surface area contributed by atoms with Crippen LogP contribution in [-0.2, 0) is 19.0 Å². The fraction of sp³-hybridized carbons (Fsp3) is 0.318. The van der Waals surface area contributed by atoms with Crippen molar-refractivity contribution in [2.75, 3.05) is 27.4 Å². The number of carbonyl (C=O) groups is 2. The van der Waals surface area contributed by atoms with Crippen molar-refractivity contribution in [3.8, 4) is 11.8 Å². The van der Waals surface area contributed by atoms with E-state index in [0.717, 1.165) is 28.2 Å². The number of rotatable bonds is 7. The fourth-order valence-corrected chi connectivity index (χ4v) is 3.04. The summed E-state index contributed by atoms with van der Waals surface area (Å²) in [6.45, 7) is 6.08. The first-order valence-electron chi connectivity index (χ1n) is 9.00. The summed E-state index contributed by atoms with van der Waals surface area (Å²) in [4.78, 5) is 23.8. The Hall–Kier alpha value is -3.37. The predicted octanol–water partition coefficient (Wildman–Crippen LogP) is 3.29. The number of hydrogen-bond donors (Lipinski definition) is 0. The smallest absolute Gasteiger partial charge is 0.348 e. The molecule has 7 nitrogen and oxygen atoms in total. The van der Waals surface area contributed by atoms with Crippen LogP contribution in [-0.4, -0.2) is 43.9 Å². The third-order valence-electron chi connectivity index (χ3n) is 4.49. The van der Waals surface area contributed by atoms with Crippen molar-refractivity contribution in [3.63, 3.8) is 0 Å². The van der Waals surface area contributed by atoms with Crippen LogP contribution in [0.15, 0.2) is 29.8 Å². The third kappa shape index (κ3) is 4.92. The molecule has 2 aromatic rings. The van der Waals surface area contributed by atoms with Gasteiger partial charge in [-0.3, -0.25) is 0 Å². The number of nitrogens with zero attached hydrogens (tertiary/aromatic N) is 2. The number of carbonyl (C=O) groups excluding carboxylic acids is 2. The molecule has 0 unspecified atom stereocenters. The summed E-state index contributed by atoms with van der Waals surface area (Å²) in [5.74, 6) is -1.08. The van der Waals surface area contributed by atoms with E-state index in [0.29, 0.717) is 5.56 Å². The van der Waals surface area contributed by atoms with Crippen molar-refractivity contribution in [2.24, 2.45) is 0 Å². The zero-order valence-corrected chi connectivity index (χ0v) is 17.2. The third-order valence-corrected chi connectivity index (χ3v) is 4.49. The molecule has 0 fully saturated rings. The zero-order chi connectivity index (χ0) is 21.6. The fourth-order valence-electron chi connectivity index (χ4n) is 3.04. The van der Waals surface area contributed by atoms with Crippen LogP contribution in [0.4, 0.5) is 0 Å². The van der Waals surface area contributed by atoms with Gasteiger partial charge in [-0.15, -0.1) is 0 Å². The average Bonchev–Trinajstić information content (AvgIpc) is 2.98. The number of ether oxygens (including phenoxy) is 3. The summed E-state index contributed by atoms with van der Waals surface area (Å²) < 4.78 is 16.6. The first kappa shape index (κ1) is 21.9. The molecule has 0 aliphatic carbocycles. The molecule has 0 aliphatic rings. The van der Waals surface area contributed by atoms with E-state index < -0.39 is 11.9 Å². The highest BCUT2D eigenvalue weighted by Crippen LogP contribution is 2.26. The Bertz CT molecular complexity index is 995. The van der Waals surface area contributed by atoms with Gasteiger partial charge in [0, 0.05) is 24.2 Å². The Morgan fingerprint density at radius 3 is 2.45 bits per heavy atom. The first-order chi connectivity index (χ1) is 13.8. The summed E-state index contributed by atoms with van der Waals surface area (Å²) in [6, 6.07) is 9.11. The van der Waals surface area contributed by atoms with Gasteiger partial charge in [-0.25, -0.2) is 9.59 Å². The molecule has 29 heavy (non-hydrogen) atoms.